The SMILES string of the molecule is CC(=O)O[Si](CCCCCc1cc(F)c(F)c(F)c1)(OC(C)=O)OC(C)=O. The molecule has 10 heteroatoms. The average Bonchev–Trinajstić information content (AvgIpc) is 2.49. The Hall–Kier alpha value is -2.36. The van der Waals surface area contributed by atoms with Gasteiger partial charge in [0.15, 0.2) is 17.5 Å². The molecular weight excluding hydrogens is 385 g/mol. The molecule has 0 aliphatic heterocycles. The topological polar surface area (TPSA) is 78.9 Å². The van der Waals surface area contributed by atoms with Gasteiger partial charge >= 0.3 is 8.80 Å². The predicted molar refractivity (Wildman–Crippen MR) is 89.7 cm³/mol. The van der Waals surface area contributed by atoms with Gasteiger partial charge in [-0.1, -0.05) is 6.42 Å². The molecule has 0 unspecified atom stereocenters. The van der Waals surface area contributed by atoms with Crippen molar-refractivity contribution in [2.45, 2.75) is 52.5 Å². The first-order chi connectivity index (χ1) is 12.5. The van der Waals surface area contributed by atoms with Crippen LogP contribution in [0.5, 0.6) is 0 Å². The second-order valence-corrected chi connectivity index (χ2v) is 8.38. The molecule has 150 valence electrons. The van der Waals surface area contributed by atoms with Crippen LogP contribution < -0.4 is 0 Å². The first-order valence-electron chi connectivity index (χ1n) is 8.27. The van der Waals surface area contributed by atoms with Gasteiger partial charge < -0.3 is 13.3 Å². The molecule has 6 nitrogen and oxygen atoms in total. The largest absolute Gasteiger partial charge is 0.705 e. The van der Waals surface area contributed by atoms with Gasteiger partial charge in [0.05, 0.1) is 6.04 Å². The molecule has 1 aromatic rings. The molecule has 0 N–H and O–H groups in total. The van der Waals surface area contributed by atoms with Crippen molar-refractivity contribution in [3.63, 3.8) is 0 Å². The van der Waals surface area contributed by atoms with E-state index in [4.69, 9.17) is 13.3 Å². The third kappa shape index (κ3) is 7.81. The highest BCUT2D eigenvalue weighted by Crippen LogP contribution is 2.22. The zero-order valence-corrected chi connectivity index (χ0v) is 16.3. The molecule has 0 radical (unpaired) electrons. The summed E-state index contributed by atoms with van der Waals surface area (Å²) in [6, 6.07) is 1.87. The molecule has 1 aromatic carbocycles. The summed E-state index contributed by atoms with van der Waals surface area (Å²) in [4.78, 5) is 33.9. The van der Waals surface area contributed by atoms with E-state index in [0.29, 0.717) is 24.8 Å². The maximum Gasteiger partial charge on any atom is 0.705 e. The average molecular weight is 406 g/mol. The summed E-state index contributed by atoms with van der Waals surface area (Å²) in [5.74, 6) is -6.27. The predicted octanol–water partition coefficient (Wildman–Crippen LogP) is 3.44. The summed E-state index contributed by atoms with van der Waals surface area (Å²) >= 11 is 0. The standard InChI is InChI=1S/C17H21F3O6Si/c1-11(21)24-27(25-12(2)22,26-13(3)23)8-6-4-5-7-14-9-15(18)17(20)16(19)10-14/h9-10H,4-8H2,1-3H3. The Morgan fingerprint density at radius 1 is 0.815 bits per heavy atom. The second kappa shape index (κ2) is 10.1. The molecule has 0 fully saturated rings. The van der Waals surface area contributed by atoms with Crippen molar-refractivity contribution in [3.05, 3.63) is 35.1 Å². The normalized spacial score (nSPS) is 11.0. The molecular formula is C17H21F3O6Si. The highest BCUT2D eigenvalue weighted by Gasteiger charge is 2.51. The van der Waals surface area contributed by atoms with Gasteiger partial charge in [-0.25, -0.2) is 13.2 Å². The molecule has 0 aliphatic rings. The number of rotatable bonds is 9. The fourth-order valence-corrected chi connectivity index (χ4v) is 4.90. The Labute approximate surface area is 156 Å². The van der Waals surface area contributed by atoms with Crippen molar-refractivity contribution in [1.82, 2.24) is 0 Å². The molecule has 0 heterocycles. The Morgan fingerprint density at radius 2 is 1.26 bits per heavy atom. The van der Waals surface area contributed by atoms with Crippen molar-refractivity contribution in [1.29, 1.82) is 0 Å². The highest BCUT2D eigenvalue weighted by molar-refractivity contribution is 6.65. The van der Waals surface area contributed by atoms with Crippen molar-refractivity contribution in [2.75, 3.05) is 0 Å². The molecule has 0 spiro atoms. The number of aryl methyl sites for hydroxylation is 1. The molecule has 1 rings (SSSR count). The molecule has 0 aromatic heterocycles. The Kier molecular flexibility index (Phi) is 8.48. The van der Waals surface area contributed by atoms with Crippen LogP contribution in [-0.4, -0.2) is 26.7 Å². The summed E-state index contributed by atoms with van der Waals surface area (Å²) < 4.78 is 54.4. The van der Waals surface area contributed by atoms with Crippen LogP contribution in [-0.2, 0) is 34.1 Å². The highest BCUT2D eigenvalue weighted by atomic mass is 28.4. The molecule has 0 aliphatic carbocycles. The third-order valence-electron chi connectivity index (χ3n) is 3.39. The summed E-state index contributed by atoms with van der Waals surface area (Å²) in [5, 5.41) is 0. The van der Waals surface area contributed by atoms with E-state index in [2.05, 4.69) is 0 Å². The van der Waals surface area contributed by atoms with Gasteiger partial charge in [0.25, 0.3) is 17.9 Å². The summed E-state index contributed by atoms with van der Waals surface area (Å²) in [5.41, 5.74) is 0.301. The molecule has 0 saturated heterocycles. The Morgan fingerprint density at radius 3 is 1.67 bits per heavy atom. The third-order valence-corrected chi connectivity index (χ3v) is 6.15. The van der Waals surface area contributed by atoms with Gasteiger partial charge in [-0.2, -0.15) is 0 Å². The lowest BCUT2D eigenvalue weighted by molar-refractivity contribution is -0.147. The van der Waals surface area contributed by atoms with E-state index in [9.17, 15) is 27.6 Å². The fraction of sp³-hybridized carbons (Fsp3) is 0.471. The molecule has 0 amide bonds. The second-order valence-electron chi connectivity index (χ2n) is 5.90. The minimum Gasteiger partial charge on any atom is -0.455 e. The monoisotopic (exact) mass is 406 g/mol. The zero-order chi connectivity index (χ0) is 20.6. The first-order valence-corrected chi connectivity index (χ1v) is 10.2. The van der Waals surface area contributed by atoms with E-state index in [0.717, 1.165) is 32.9 Å². The van der Waals surface area contributed by atoms with Gasteiger partial charge in [0.1, 0.15) is 0 Å². The smallest absolute Gasteiger partial charge is 0.455 e. The van der Waals surface area contributed by atoms with Gasteiger partial charge in [0, 0.05) is 20.8 Å². The number of benzene rings is 1. The fourth-order valence-electron chi connectivity index (χ4n) is 2.47. The van der Waals surface area contributed by atoms with Crippen molar-refractivity contribution in [3.8, 4) is 0 Å². The number of hydrogen-bond acceptors (Lipinski definition) is 6. The quantitative estimate of drug-likeness (QED) is 0.355. The van der Waals surface area contributed by atoms with Crippen LogP contribution >= 0.6 is 0 Å². The van der Waals surface area contributed by atoms with Crippen LogP contribution in [0.4, 0.5) is 13.2 Å². The van der Waals surface area contributed by atoms with Crippen LogP contribution in [0.2, 0.25) is 6.04 Å². The lowest BCUT2D eigenvalue weighted by Crippen LogP contribution is -2.49. The van der Waals surface area contributed by atoms with Crippen LogP contribution in [0.15, 0.2) is 12.1 Å². The number of halogens is 3. The van der Waals surface area contributed by atoms with E-state index in [1.54, 1.807) is 0 Å². The van der Waals surface area contributed by atoms with Gasteiger partial charge in [-0.15, -0.1) is 0 Å². The van der Waals surface area contributed by atoms with E-state index in [1.165, 1.54) is 0 Å². The molecule has 0 bridgehead atoms. The van der Waals surface area contributed by atoms with E-state index >= 15 is 0 Å². The molecule has 0 atom stereocenters. The number of carbonyl (C=O) groups is 3. The van der Waals surface area contributed by atoms with E-state index in [-0.39, 0.29) is 12.5 Å². The van der Waals surface area contributed by atoms with Gasteiger partial charge in [0.2, 0.25) is 0 Å². The summed E-state index contributed by atoms with van der Waals surface area (Å²) in [6.07, 6.45) is 1.64. The van der Waals surface area contributed by atoms with Gasteiger partial charge in [-0.05, 0) is 37.0 Å². The van der Waals surface area contributed by atoms with Crippen molar-refractivity contribution < 1.29 is 40.8 Å². The van der Waals surface area contributed by atoms with Crippen LogP contribution in [0.25, 0.3) is 0 Å². The number of carbonyl (C=O) groups excluding carboxylic acids is 3. The number of hydrogen-bond donors (Lipinski definition) is 0. The lowest BCUT2D eigenvalue weighted by atomic mass is 10.1. The van der Waals surface area contributed by atoms with Crippen LogP contribution in [0, 0.1) is 17.5 Å². The van der Waals surface area contributed by atoms with Gasteiger partial charge in [-0.3, -0.25) is 14.4 Å². The summed E-state index contributed by atoms with van der Waals surface area (Å²) in [6.45, 7) is 3.31. The first kappa shape index (κ1) is 22.7. The molecule has 0 saturated carbocycles. The lowest BCUT2D eigenvalue weighted by Gasteiger charge is -2.26. The Bertz CT molecular complexity index is 646. The van der Waals surface area contributed by atoms with Crippen LogP contribution in [0.1, 0.15) is 45.6 Å². The maximum atomic E-state index is 13.2. The van der Waals surface area contributed by atoms with E-state index in [1.807, 2.05) is 0 Å². The summed E-state index contributed by atoms with van der Waals surface area (Å²) in [7, 11) is -3.86. The van der Waals surface area contributed by atoms with Crippen molar-refractivity contribution in [2.24, 2.45) is 0 Å². The molecule has 27 heavy (non-hydrogen) atoms. The maximum absolute atomic E-state index is 13.2. The minimum absolute atomic E-state index is 0.0257. The Balaban J connectivity index is 2.65. The number of unbranched alkanes of at least 4 members (excludes halogenated alkanes) is 2. The van der Waals surface area contributed by atoms with E-state index < -0.39 is 44.2 Å². The van der Waals surface area contributed by atoms with Crippen molar-refractivity contribution >= 4 is 26.7 Å². The zero-order valence-electron chi connectivity index (χ0n) is 15.3. The minimum atomic E-state index is -3.86. The van der Waals surface area contributed by atoms with Crippen LogP contribution in [0.3, 0.4) is 0 Å².